The number of H-pyrrole nitrogens is 1. The first-order chi connectivity index (χ1) is 8.51. The third-order valence-corrected chi connectivity index (χ3v) is 3.04. The molecule has 0 atom stereocenters. The van der Waals surface area contributed by atoms with Crippen LogP contribution in [0.25, 0.3) is 10.9 Å². The Kier molecular flexibility index (Phi) is 3.41. The highest BCUT2D eigenvalue weighted by molar-refractivity contribution is 6.03. The van der Waals surface area contributed by atoms with Crippen molar-refractivity contribution in [2.45, 2.75) is 27.2 Å². The minimum Gasteiger partial charge on any atom is -0.371 e. The van der Waals surface area contributed by atoms with E-state index in [1.165, 1.54) is 0 Å². The number of aldehydes is 1. The van der Waals surface area contributed by atoms with Crippen molar-refractivity contribution in [3.05, 3.63) is 29.8 Å². The molecule has 0 aliphatic heterocycles. The molecule has 3 heteroatoms. The summed E-state index contributed by atoms with van der Waals surface area (Å²) in [5, 5.41) is 4.30. The van der Waals surface area contributed by atoms with Gasteiger partial charge in [0.25, 0.3) is 0 Å². The molecule has 0 spiro atoms. The second-order valence-electron chi connectivity index (χ2n) is 5.81. The molecule has 1 aromatic carbocycles. The second kappa shape index (κ2) is 4.84. The number of nitrogens with one attached hydrogen (secondary N) is 2. The van der Waals surface area contributed by atoms with Crippen molar-refractivity contribution in [2.75, 3.05) is 11.9 Å². The molecule has 0 radical (unpaired) electrons. The molecule has 0 unspecified atom stereocenters. The Balaban J connectivity index is 2.20. The van der Waals surface area contributed by atoms with Gasteiger partial charge in [-0.3, -0.25) is 4.79 Å². The SMILES string of the molecule is CC(C)(C)CCNc1[nH]c2ccccc2c1C=O. The lowest BCUT2D eigenvalue weighted by Gasteiger charge is -2.18. The monoisotopic (exact) mass is 244 g/mol. The first-order valence-corrected chi connectivity index (χ1v) is 6.31. The van der Waals surface area contributed by atoms with E-state index < -0.39 is 0 Å². The quantitative estimate of drug-likeness (QED) is 0.803. The predicted octanol–water partition coefficient (Wildman–Crippen LogP) is 3.83. The van der Waals surface area contributed by atoms with Gasteiger partial charge in [-0.1, -0.05) is 39.0 Å². The molecular formula is C15H20N2O. The fraction of sp³-hybridized carbons (Fsp3) is 0.400. The highest BCUT2D eigenvalue weighted by Crippen LogP contribution is 2.25. The molecule has 96 valence electrons. The van der Waals surface area contributed by atoms with Gasteiger partial charge >= 0.3 is 0 Å². The van der Waals surface area contributed by atoms with Gasteiger partial charge < -0.3 is 10.3 Å². The normalized spacial score (nSPS) is 11.7. The zero-order chi connectivity index (χ0) is 13.2. The molecule has 0 saturated carbocycles. The lowest BCUT2D eigenvalue weighted by atomic mass is 9.92. The van der Waals surface area contributed by atoms with Crippen LogP contribution in [0.2, 0.25) is 0 Å². The molecule has 2 aromatic rings. The molecule has 0 aliphatic rings. The van der Waals surface area contributed by atoms with E-state index in [-0.39, 0.29) is 0 Å². The number of anilines is 1. The Morgan fingerprint density at radius 1 is 1.28 bits per heavy atom. The summed E-state index contributed by atoms with van der Waals surface area (Å²) in [6.07, 6.45) is 1.97. The summed E-state index contributed by atoms with van der Waals surface area (Å²) in [6, 6.07) is 7.86. The van der Waals surface area contributed by atoms with E-state index in [0.717, 1.165) is 41.5 Å². The highest BCUT2D eigenvalue weighted by atomic mass is 16.1. The topological polar surface area (TPSA) is 44.9 Å². The van der Waals surface area contributed by atoms with Gasteiger partial charge in [0.05, 0.1) is 5.56 Å². The van der Waals surface area contributed by atoms with Crippen LogP contribution in [0.15, 0.2) is 24.3 Å². The van der Waals surface area contributed by atoms with E-state index in [1.807, 2.05) is 24.3 Å². The molecule has 0 saturated heterocycles. The summed E-state index contributed by atoms with van der Waals surface area (Å²) in [5.41, 5.74) is 2.01. The number of aromatic amines is 1. The zero-order valence-corrected chi connectivity index (χ0v) is 11.2. The number of fused-ring (bicyclic) bond motifs is 1. The minimum atomic E-state index is 0.292. The van der Waals surface area contributed by atoms with Gasteiger partial charge in [0.15, 0.2) is 6.29 Å². The van der Waals surface area contributed by atoms with E-state index in [0.29, 0.717) is 5.41 Å². The Morgan fingerprint density at radius 3 is 2.67 bits per heavy atom. The van der Waals surface area contributed by atoms with Gasteiger partial charge in [0.1, 0.15) is 5.82 Å². The Labute approximate surface area is 108 Å². The van der Waals surface area contributed by atoms with E-state index >= 15 is 0 Å². The first-order valence-electron chi connectivity index (χ1n) is 6.31. The molecule has 0 fully saturated rings. The van der Waals surface area contributed by atoms with Gasteiger partial charge in [-0.2, -0.15) is 0 Å². The van der Waals surface area contributed by atoms with Gasteiger partial charge in [-0.05, 0) is 17.9 Å². The van der Waals surface area contributed by atoms with Crippen LogP contribution in [0.5, 0.6) is 0 Å². The van der Waals surface area contributed by atoms with Crippen LogP contribution < -0.4 is 5.32 Å². The average molecular weight is 244 g/mol. The van der Waals surface area contributed by atoms with Crippen LogP contribution in [0, 0.1) is 5.41 Å². The summed E-state index contributed by atoms with van der Waals surface area (Å²) in [7, 11) is 0. The molecule has 18 heavy (non-hydrogen) atoms. The van der Waals surface area contributed by atoms with Crippen LogP contribution in [0.1, 0.15) is 37.6 Å². The highest BCUT2D eigenvalue weighted by Gasteiger charge is 2.12. The smallest absolute Gasteiger partial charge is 0.154 e. The van der Waals surface area contributed by atoms with Crippen LogP contribution in [-0.2, 0) is 0 Å². The third kappa shape index (κ3) is 2.73. The van der Waals surface area contributed by atoms with Crippen molar-refractivity contribution in [1.29, 1.82) is 0 Å². The van der Waals surface area contributed by atoms with Gasteiger partial charge in [-0.25, -0.2) is 0 Å². The Bertz CT molecular complexity index is 549. The number of aromatic nitrogens is 1. The second-order valence-corrected chi connectivity index (χ2v) is 5.81. The fourth-order valence-electron chi connectivity index (χ4n) is 1.99. The maximum absolute atomic E-state index is 11.2. The van der Waals surface area contributed by atoms with Crippen molar-refractivity contribution in [3.63, 3.8) is 0 Å². The summed E-state index contributed by atoms with van der Waals surface area (Å²) >= 11 is 0. The fourth-order valence-corrected chi connectivity index (χ4v) is 1.99. The van der Waals surface area contributed by atoms with Gasteiger partial charge in [-0.15, -0.1) is 0 Å². The predicted molar refractivity (Wildman–Crippen MR) is 76.2 cm³/mol. The number of benzene rings is 1. The molecule has 0 aliphatic carbocycles. The van der Waals surface area contributed by atoms with E-state index in [2.05, 4.69) is 31.1 Å². The number of para-hydroxylation sites is 1. The van der Waals surface area contributed by atoms with Crippen LogP contribution in [-0.4, -0.2) is 17.8 Å². The summed E-state index contributed by atoms with van der Waals surface area (Å²) < 4.78 is 0. The van der Waals surface area contributed by atoms with Gasteiger partial charge in [0, 0.05) is 17.4 Å². The standard InChI is InChI=1S/C15H20N2O/c1-15(2,3)8-9-16-14-12(10-18)11-6-4-5-7-13(11)17-14/h4-7,10,16-17H,8-9H2,1-3H3. The Morgan fingerprint density at radius 2 is 2.00 bits per heavy atom. The maximum atomic E-state index is 11.2. The molecule has 1 heterocycles. The Hall–Kier alpha value is -1.77. The largest absolute Gasteiger partial charge is 0.371 e. The van der Waals surface area contributed by atoms with Crippen molar-refractivity contribution in [3.8, 4) is 0 Å². The van der Waals surface area contributed by atoms with Crippen LogP contribution in [0.4, 0.5) is 5.82 Å². The molecule has 1 aromatic heterocycles. The first kappa shape index (κ1) is 12.7. The van der Waals surface area contributed by atoms with Crippen molar-refractivity contribution in [2.24, 2.45) is 5.41 Å². The summed E-state index contributed by atoms with van der Waals surface area (Å²) in [5.74, 6) is 0.829. The van der Waals surface area contributed by atoms with Crippen molar-refractivity contribution in [1.82, 2.24) is 4.98 Å². The lowest BCUT2D eigenvalue weighted by molar-refractivity contribution is 0.112. The molecule has 0 bridgehead atoms. The van der Waals surface area contributed by atoms with E-state index in [4.69, 9.17) is 0 Å². The van der Waals surface area contributed by atoms with Crippen LogP contribution >= 0.6 is 0 Å². The van der Waals surface area contributed by atoms with Crippen LogP contribution in [0.3, 0.4) is 0 Å². The van der Waals surface area contributed by atoms with E-state index in [1.54, 1.807) is 0 Å². The van der Waals surface area contributed by atoms with Gasteiger partial charge in [0.2, 0.25) is 0 Å². The number of carbonyl (C=O) groups excluding carboxylic acids is 1. The summed E-state index contributed by atoms with van der Waals surface area (Å²) in [4.78, 5) is 14.5. The number of hydrogen-bond donors (Lipinski definition) is 2. The molecule has 2 N–H and O–H groups in total. The molecular weight excluding hydrogens is 224 g/mol. The lowest BCUT2D eigenvalue weighted by Crippen LogP contribution is -2.13. The maximum Gasteiger partial charge on any atom is 0.154 e. The molecule has 2 rings (SSSR count). The minimum absolute atomic E-state index is 0.292. The van der Waals surface area contributed by atoms with Crippen molar-refractivity contribution < 1.29 is 4.79 Å². The zero-order valence-electron chi connectivity index (χ0n) is 11.2. The average Bonchev–Trinajstić information content (AvgIpc) is 2.64. The number of carbonyl (C=O) groups is 1. The third-order valence-electron chi connectivity index (χ3n) is 3.04. The van der Waals surface area contributed by atoms with Crippen molar-refractivity contribution >= 4 is 23.0 Å². The molecule has 3 nitrogen and oxygen atoms in total. The number of rotatable bonds is 4. The van der Waals surface area contributed by atoms with E-state index in [9.17, 15) is 4.79 Å². The summed E-state index contributed by atoms with van der Waals surface area (Å²) in [6.45, 7) is 7.48. The number of hydrogen-bond acceptors (Lipinski definition) is 2. The molecule has 0 amide bonds.